The van der Waals surface area contributed by atoms with E-state index in [1.807, 2.05) is 13.8 Å². The van der Waals surface area contributed by atoms with Gasteiger partial charge in [0.2, 0.25) is 0 Å². The van der Waals surface area contributed by atoms with Crippen molar-refractivity contribution in [1.29, 1.82) is 0 Å². The quantitative estimate of drug-likeness (QED) is 0.459. The summed E-state index contributed by atoms with van der Waals surface area (Å²) in [7, 11) is -0.604. The summed E-state index contributed by atoms with van der Waals surface area (Å²) in [6, 6.07) is 0. The van der Waals surface area contributed by atoms with Crippen molar-refractivity contribution in [1.82, 2.24) is 5.06 Å². The molecule has 0 aromatic carbocycles. The van der Waals surface area contributed by atoms with E-state index in [-0.39, 0.29) is 0 Å². The van der Waals surface area contributed by atoms with Crippen LogP contribution in [0, 0.1) is 0 Å². The molecule has 60 valence electrons. The third-order valence-electron chi connectivity index (χ3n) is 1.04. The van der Waals surface area contributed by atoms with Crippen LogP contribution in [0.5, 0.6) is 0 Å². The topological polar surface area (TPSA) is 38.8 Å². The molecule has 10 heavy (non-hydrogen) atoms. The summed E-state index contributed by atoms with van der Waals surface area (Å²) in [5, 5.41) is 1.57. The van der Waals surface area contributed by atoms with Crippen molar-refractivity contribution in [2.75, 3.05) is 20.2 Å². The highest BCUT2D eigenvalue weighted by Gasteiger charge is 2.21. The summed E-state index contributed by atoms with van der Waals surface area (Å²) in [6.45, 7) is 5.26. The number of hydroxylamine groups is 2. The lowest BCUT2D eigenvalue weighted by Crippen LogP contribution is -2.19. The Labute approximate surface area is 62.0 Å². The van der Waals surface area contributed by atoms with E-state index in [1.54, 1.807) is 5.06 Å². The summed E-state index contributed by atoms with van der Waals surface area (Å²) in [5.74, 6) is 0. The predicted molar refractivity (Wildman–Crippen MR) is 38.6 cm³/mol. The molecular formula is C5H13NO3P+. The Kier molecular flexibility index (Phi) is 5.73. The Bertz CT molecular complexity index is 105. The van der Waals surface area contributed by atoms with Gasteiger partial charge in [0.25, 0.3) is 0 Å². The Morgan fingerprint density at radius 1 is 1.40 bits per heavy atom. The molecule has 5 heteroatoms. The second-order valence-corrected chi connectivity index (χ2v) is 2.58. The van der Waals surface area contributed by atoms with Gasteiger partial charge in [-0.05, 0) is 18.5 Å². The van der Waals surface area contributed by atoms with Crippen LogP contribution in [-0.4, -0.2) is 25.3 Å². The molecule has 0 radical (unpaired) electrons. The minimum absolute atomic E-state index is 0.709. The van der Waals surface area contributed by atoms with Gasteiger partial charge in [0.15, 0.2) is 0 Å². The molecule has 0 fully saturated rings. The second kappa shape index (κ2) is 5.74. The molecule has 1 atom stereocenters. The van der Waals surface area contributed by atoms with Crippen molar-refractivity contribution in [3.05, 3.63) is 0 Å². The van der Waals surface area contributed by atoms with Crippen molar-refractivity contribution < 1.29 is 13.7 Å². The molecule has 0 saturated heterocycles. The van der Waals surface area contributed by atoms with Gasteiger partial charge in [-0.25, -0.2) is 0 Å². The van der Waals surface area contributed by atoms with E-state index in [9.17, 15) is 4.57 Å². The van der Waals surface area contributed by atoms with Gasteiger partial charge in [-0.15, -0.1) is 9.59 Å². The molecule has 0 aromatic heterocycles. The Hall–Kier alpha value is -0.0200. The lowest BCUT2D eigenvalue weighted by molar-refractivity contribution is -0.0526. The molecule has 0 amide bonds. The van der Waals surface area contributed by atoms with Gasteiger partial charge in [0.05, 0.1) is 7.11 Å². The minimum Gasteiger partial charge on any atom is -0.137 e. The van der Waals surface area contributed by atoms with E-state index < -0.39 is 8.25 Å². The van der Waals surface area contributed by atoms with Crippen molar-refractivity contribution in [2.24, 2.45) is 0 Å². The molecule has 0 rings (SSSR count). The first-order valence-corrected chi connectivity index (χ1v) is 4.28. The maximum absolute atomic E-state index is 10.6. The van der Waals surface area contributed by atoms with Crippen molar-refractivity contribution >= 4 is 8.25 Å². The summed E-state index contributed by atoms with van der Waals surface area (Å²) in [6.07, 6.45) is 0. The van der Waals surface area contributed by atoms with Gasteiger partial charge in [-0.1, -0.05) is 0 Å². The van der Waals surface area contributed by atoms with Gasteiger partial charge < -0.3 is 0 Å². The summed E-state index contributed by atoms with van der Waals surface area (Å²) in [5.41, 5.74) is 0. The third-order valence-corrected chi connectivity index (χ3v) is 1.70. The second-order valence-electron chi connectivity index (χ2n) is 1.60. The van der Waals surface area contributed by atoms with Gasteiger partial charge >= 0.3 is 8.25 Å². The van der Waals surface area contributed by atoms with Gasteiger partial charge in [0, 0.05) is 17.7 Å². The summed E-state index contributed by atoms with van der Waals surface area (Å²) < 4.78 is 19.8. The monoisotopic (exact) mass is 166 g/mol. The molecule has 0 saturated carbocycles. The fourth-order valence-electron chi connectivity index (χ4n) is 0.467. The van der Waals surface area contributed by atoms with Crippen LogP contribution in [0.2, 0.25) is 0 Å². The van der Waals surface area contributed by atoms with Crippen LogP contribution in [0.15, 0.2) is 0 Å². The van der Waals surface area contributed by atoms with Gasteiger partial charge in [0.1, 0.15) is 0 Å². The molecule has 4 nitrogen and oxygen atoms in total. The van der Waals surface area contributed by atoms with Crippen LogP contribution in [0.4, 0.5) is 0 Å². The van der Waals surface area contributed by atoms with Crippen molar-refractivity contribution in [3.63, 3.8) is 0 Å². The smallest absolute Gasteiger partial charge is 0.137 e. The standard InChI is InChI=1S/C5H13NO3P/c1-4-6(5-2)9-10(7)8-3/h4-5H2,1-3H3/q+1. The fourth-order valence-corrected chi connectivity index (χ4v) is 0.953. The van der Waals surface area contributed by atoms with Crippen LogP contribution < -0.4 is 0 Å². The fraction of sp³-hybridized carbons (Fsp3) is 1.00. The average Bonchev–Trinajstić information content (AvgIpc) is 1.99. The van der Waals surface area contributed by atoms with E-state index >= 15 is 0 Å². The number of rotatable bonds is 5. The SMILES string of the molecule is CCN(CC)O[P+](=O)OC. The lowest BCUT2D eigenvalue weighted by atomic mass is 10.6. The third kappa shape index (κ3) is 3.90. The molecule has 1 unspecified atom stereocenters. The zero-order chi connectivity index (χ0) is 7.98. The molecule has 0 N–H and O–H groups in total. The number of hydrogen-bond donors (Lipinski definition) is 0. The molecule has 0 aliphatic heterocycles. The van der Waals surface area contributed by atoms with E-state index in [2.05, 4.69) is 4.52 Å². The first kappa shape index (κ1) is 9.98. The highest BCUT2D eigenvalue weighted by atomic mass is 31.1. The van der Waals surface area contributed by atoms with E-state index in [4.69, 9.17) is 4.62 Å². The molecule has 0 aromatic rings. The molecule has 0 bridgehead atoms. The lowest BCUT2D eigenvalue weighted by Gasteiger charge is -2.06. The van der Waals surface area contributed by atoms with E-state index in [0.717, 1.165) is 0 Å². The summed E-state index contributed by atoms with van der Waals surface area (Å²) >= 11 is 0. The molecule has 0 aliphatic rings. The highest BCUT2D eigenvalue weighted by Crippen LogP contribution is 2.23. The van der Waals surface area contributed by atoms with Crippen molar-refractivity contribution in [2.45, 2.75) is 13.8 Å². The maximum Gasteiger partial charge on any atom is 0.716 e. The van der Waals surface area contributed by atoms with Crippen LogP contribution in [0.25, 0.3) is 0 Å². The van der Waals surface area contributed by atoms with Crippen molar-refractivity contribution in [3.8, 4) is 0 Å². The Morgan fingerprint density at radius 2 is 1.90 bits per heavy atom. The molecule has 0 spiro atoms. The minimum atomic E-state index is -1.95. The first-order chi connectivity index (χ1) is 4.74. The number of hydrogen-bond acceptors (Lipinski definition) is 4. The van der Waals surface area contributed by atoms with Gasteiger partial charge in [-0.2, -0.15) is 0 Å². The number of nitrogens with zero attached hydrogens (tertiary/aromatic N) is 1. The van der Waals surface area contributed by atoms with Gasteiger partial charge in [-0.3, -0.25) is 0 Å². The first-order valence-electron chi connectivity index (χ1n) is 3.19. The average molecular weight is 166 g/mol. The predicted octanol–water partition coefficient (Wildman–Crippen LogP) is 1.56. The zero-order valence-electron chi connectivity index (χ0n) is 6.53. The van der Waals surface area contributed by atoms with Crippen LogP contribution in [-0.2, 0) is 13.7 Å². The molecule has 0 heterocycles. The highest BCUT2D eigenvalue weighted by molar-refractivity contribution is 7.33. The Morgan fingerprint density at radius 3 is 2.20 bits per heavy atom. The van der Waals surface area contributed by atoms with E-state index in [1.165, 1.54) is 7.11 Å². The maximum atomic E-state index is 10.6. The van der Waals surface area contributed by atoms with E-state index in [0.29, 0.717) is 13.1 Å². The Balaban J connectivity index is 3.52. The van der Waals surface area contributed by atoms with Crippen LogP contribution in [0.1, 0.15) is 13.8 Å². The zero-order valence-corrected chi connectivity index (χ0v) is 7.43. The largest absolute Gasteiger partial charge is 0.716 e. The molecular weight excluding hydrogens is 153 g/mol. The van der Waals surface area contributed by atoms with Crippen LogP contribution >= 0.6 is 8.25 Å². The molecule has 0 aliphatic carbocycles. The van der Waals surface area contributed by atoms with Crippen LogP contribution in [0.3, 0.4) is 0 Å². The summed E-state index contributed by atoms with van der Waals surface area (Å²) in [4.78, 5) is 0. The normalized spacial score (nSPS) is 12.2.